The molecule has 0 spiro atoms. The van der Waals surface area contributed by atoms with Crippen LogP contribution in [0.3, 0.4) is 0 Å². The lowest BCUT2D eigenvalue weighted by molar-refractivity contribution is -0.0569. The highest BCUT2D eigenvalue weighted by Crippen LogP contribution is 2.36. The Bertz CT molecular complexity index is 1110. The summed E-state index contributed by atoms with van der Waals surface area (Å²) < 4.78 is 27.6. The van der Waals surface area contributed by atoms with E-state index in [1.807, 2.05) is 58.2 Å². The monoisotopic (exact) mass is 481 g/mol. The Kier molecular flexibility index (Phi) is 7.89. The van der Waals surface area contributed by atoms with Gasteiger partial charge in [0.2, 0.25) is 5.88 Å². The second kappa shape index (κ2) is 10.9. The van der Waals surface area contributed by atoms with E-state index in [1.165, 1.54) is 25.0 Å². The molecule has 6 nitrogen and oxygen atoms in total. The number of aliphatic hydroxyl groups is 1. The number of aryl methyl sites for hydroxylation is 1. The molecule has 35 heavy (non-hydrogen) atoms. The fourth-order valence-corrected chi connectivity index (χ4v) is 4.08. The van der Waals surface area contributed by atoms with Gasteiger partial charge in [0.25, 0.3) is 0 Å². The Morgan fingerprint density at radius 2 is 1.89 bits per heavy atom. The number of halogens is 1. The van der Waals surface area contributed by atoms with Crippen molar-refractivity contribution in [3.8, 4) is 22.9 Å². The van der Waals surface area contributed by atoms with Gasteiger partial charge < -0.3 is 14.6 Å². The van der Waals surface area contributed by atoms with E-state index >= 15 is 0 Å². The van der Waals surface area contributed by atoms with Crippen LogP contribution >= 0.6 is 0 Å². The van der Waals surface area contributed by atoms with Crippen LogP contribution < -0.4 is 4.74 Å². The first kappa shape index (κ1) is 25.4. The molecule has 1 fully saturated rings. The third-order valence-electron chi connectivity index (χ3n) is 5.92. The molecule has 7 heteroatoms. The topological polar surface area (TPSA) is 59.8 Å². The van der Waals surface area contributed by atoms with Gasteiger partial charge >= 0.3 is 0 Å². The van der Waals surface area contributed by atoms with Gasteiger partial charge in [0.05, 0.1) is 23.9 Å². The van der Waals surface area contributed by atoms with Gasteiger partial charge in [-0.25, -0.2) is 9.07 Å². The lowest BCUT2D eigenvalue weighted by Gasteiger charge is -2.27. The first-order valence-corrected chi connectivity index (χ1v) is 12.3. The third kappa shape index (κ3) is 7.37. The zero-order valence-electron chi connectivity index (χ0n) is 21.1. The normalized spacial score (nSPS) is 14.9. The fraction of sp³-hybridized carbons (Fsp3) is 0.464. The van der Waals surface area contributed by atoms with Crippen LogP contribution in [0, 0.1) is 11.7 Å². The quantitative estimate of drug-likeness (QED) is 0.397. The van der Waals surface area contributed by atoms with Crippen molar-refractivity contribution < 1.29 is 19.0 Å². The Morgan fingerprint density at radius 1 is 1.14 bits per heavy atom. The van der Waals surface area contributed by atoms with Crippen LogP contribution in [0.25, 0.3) is 11.3 Å². The summed E-state index contributed by atoms with van der Waals surface area (Å²) in [6.07, 6.45) is 1.80. The number of nitrogens with zero attached hydrogens (tertiary/aromatic N) is 3. The van der Waals surface area contributed by atoms with E-state index < -0.39 is 6.10 Å². The van der Waals surface area contributed by atoms with Gasteiger partial charge in [-0.1, -0.05) is 36.4 Å². The number of hydrogen-bond acceptors (Lipinski definition) is 5. The summed E-state index contributed by atoms with van der Waals surface area (Å²) in [6, 6.07) is 16.1. The smallest absolute Gasteiger partial charge is 0.222 e. The predicted octanol–water partition coefficient (Wildman–Crippen LogP) is 5.41. The van der Waals surface area contributed by atoms with E-state index in [0.717, 1.165) is 23.4 Å². The van der Waals surface area contributed by atoms with E-state index in [4.69, 9.17) is 14.6 Å². The van der Waals surface area contributed by atoms with Crippen molar-refractivity contribution >= 4 is 0 Å². The molecule has 0 radical (unpaired) electrons. The first-order chi connectivity index (χ1) is 16.7. The zero-order valence-corrected chi connectivity index (χ0v) is 21.1. The minimum atomic E-state index is -0.614. The number of hydrogen-bond donors (Lipinski definition) is 1. The fourth-order valence-electron chi connectivity index (χ4n) is 4.08. The molecule has 188 valence electrons. The maximum atomic E-state index is 13.9. The highest BCUT2D eigenvalue weighted by atomic mass is 19.1. The Balaban J connectivity index is 1.63. The highest BCUT2D eigenvalue weighted by molar-refractivity contribution is 5.65. The van der Waals surface area contributed by atoms with Crippen LogP contribution in [0.4, 0.5) is 4.39 Å². The summed E-state index contributed by atoms with van der Waals surface area (Å²) in [5, 5.41) is 15.5. The third-order valence-corrected chi connectivity index (χ3v) is 5.92. The summed E-state index contributed by atoms with van der Waals surface area (Å²) in [4.78, 5) is 2.26. The largest absolute Gasteiger partial charge is 0.439 e. The highest BCUT2D eigenvalue weighted by Gasteiger charge is 2.29. The van der Waals surface area contributed by atoms with Gasteiger partial charge in [-0.3, -0.25) is 4.90 Å². The average molecular weight is 482 g/mol. The molecular formula is C28H36FN3O3. The van der Waals surface area contributed by atoms with Crippen molar-refractivity contribution in [2.45, 2.75) is 51.9 Å². The van der Waals surface area contributed by atoms with Gasteiger partial charge in [0.15, 0.2) is 0 Å². The van der Waals surface area contributed by atoms with Crippen molar-refractivity contribution in [1.29, 1.82) is 0 Å². The van der Waals surface area contributed by atoms with Crippen LogP contribution in [0.15, 0.2) is 54.6 Å². The number of rotatable bonds is 11. The summed E-state index contributed by atoms with van der Waals surface area (Å²) >= 11 is 0. The number of ether oxygens (including phenoxy) is 2. The van der Waals surface area contributed by atoms with E-state index in [-0.39, 0.29) is 18.0 Å². The van der Waals surface area contributed by atoms with E-state index in [1.54, 1.807) is 16.8 Å². The van der Waals surface area contributed by atoms with E-state index in [2.05, 4.69) is 4.90 Å². The van der Waals surface area contributed by atoms with E-state index in [0.29, 0.717) is 30.6 Å². The molecule has 0 aliphatic heterocycles. The molecule has 1 atom stereocenters. The Hall–Kier alpha value is -2.74. The summed E-state index contributed by atoms with van der Waals surface area (Å²) in [5.74, 6) is 1.26. The zero-order chi connectivity index (χ0) is 25.0. The predicted molar refractivity (Wildman–Crippen MR) is 135 cm³/mol. The van der Waals surface area contributed by atoms with Crippen molar-refractivity contribution in [1.82, 2.24) is 14.7 Å². The standard InChI is InChI=1S/C28H36FN3O3/c1-28(2,3)34-19-23(33)17-32(16-20-13-14-20)18-25-26(21-9-6-5-7-10-21)30-31(4)27(25)35-24-12-8-11-22(29)15-24/h5-12,15,20,23,33H,13-14,16-19H2,1-4H3/t23-/m0/s1. The van der Waals surface area contributed by atoms with Crippen molar-refractivity contribution in [2.24, 2.45) is 13.0 Å². The molecule has 4 rings (SSSR count). The van der Waals surface area contributed by atoms with Crippen LogP contribution in [0.5, 0.6) is 11.6 Å². The Labute approximate surface area is 207 Å². The van der Waals surface area contributed by atoms with Gasteiger partial charge in [-0.15, -0.1) is 0 Å². The van der Waals surface area contributed by atoms with E-state index in [9.17, 15) is 9.50 Å². The lowest BCUT2D eigenvalue weighted by atomic mass is 10.1. The summed E-state index contributed by atoms with van der Waals surface area (Å²) in [5.41, 5.74) is 2.40. The van der Waals surface area contributed by atoms with Crippen LogP contribution in [-0.4, -0.2) is 51.2 Å². The average Bonchev–Trinajstić information content (AvgIpc) is 3.57. The molecule has 1 saturated carbocycles. The molecule has 2 aromatic carbocycles. The molecule has 1 aliphatic carbocycles. The molecule has 0 amide bonds. The van der Waals surface area contributed by atoms with Crippen molar-refractivity contribution in [3.05, 3.63) is 66.0 Å². The van der Waals surface area contributed by atoms with Crippen molar-refractivity contribution in [2.75, 3.05) is 19.7 Å². The molecule has 0 unspecified atom stereocenters. The molecule has 1 aromatic heterocycles. The molecule has 1 heterocycles. The SMILES string of the molecule is Cn1nc(-c2ccccc2)c(CN(CC2CC2)C[C@H](O)COC(C)(C)C)c1Oc1cccc(F)c1. The number of aliphatic hydroxyl groups excluding tert-OH is 1. The lowest BCUT2D eigenvalue weighted by Crippen LogP contribution is -2.37. The maximum Gasteiger partial charge on any atom is 0.222 e. The van der Waals surface area contributed by atoms with Gasteiger partial charge in [-0.05, 0) is 51.7 Å². The number of aromatic nitrogens is 2. The summed E-state index contributed by atoms with van der Waals surface area (Å²) in [6.45, 7) is 8.14. The Morgan fingerprint density at radius 3 is 2.54 bits per heavy atom. The van der Waals surface area contributed by atoms with Crippen LogP contribution in [0.1, 0.15) is 39.2 Å². The molecular weight excluding hydrogens is 445 g/mol. The molecule has 0 bridgehead atoms. The molecule has 0 saturated heterocycles. The minimum absolute atomic E-state index is 0.274. The van der Waals surface area contributed by atoms with Crippen LogP contribution in [0.2, 0.25) is 0 Å². The van der Waals surface area contributed by atoms with Gasteiger partial charge in [-0.2, -0.15) is 5.10 Å². The van der Waals surface area contributed by atoms with Gasteiger partial charge in [0, 0.05) is 38.3 Å². The molecule has 1 N–H and O–H groups in total. The second-order valence-corrected chi connectivity index (χ2v) is 10.4. The molecule has 3 aromatic rings. The minimum Gasteiger partial charge on any atom is -0.439 e. The summed E-state index contributed by atoms with van der Waals surface area (Å²) in [7, 11) is 1.84. The first-order valence-electron chi connectivity index (χ1n) is 12.3. The second-order valence-electron chi connectivity index (χ2n) is 10.4. The number of benzene rings is 2. The van der Waals surface area contributed by atoms with Crippen molar-refractivity contribution in [3.63, 3.8) is 0 Å². The van der Waals surface area contributed by atoms with Gasteiger partial charge in [0.1, 0.15) is 17.3 Å². The maximum absolute atomic E-state index is 13.9. The van der Waals surface area contributed by atoms with Crippen LogP contribution in [-0.2, 0) is 18.3 Å². The molecule has 1 aliphatic rings.